The molecule has 1 amide bonds. The number of carbonyl (C=O) groups is 1. The quantitative estimate of drug-likeness (QED) is 0.518. The minimum absolute atomic E-state index is 0.0119. The number of rotatable bonds is 4. The van der Waals surface area contributed by atoms with Crippen molar-refractivity contribution in [2.75, 3.05) is 5.32 Å². The molecule has 5 heteroatoms. The Bertz CT molecular complexity index is 768. The maximum absolute atomic E-state index is 12.1. The van der Waals surface area contributed by atoms with Crippen molar-refractivity contribution in [1.29, 1.82) is 5.26 Å². The van der Waals surface area contributed by atoms with Gasteiger partial charge in [0.1, 0.15) is 17.4 Å². The molecule has 110 valence electrons. The van der Waals surface area contributed by atoms with Gasteiger partial charge in [0.05, 0.1) is 6.26 Å². The molecule has 0 radical (unpaired) electrons. The Hall–Kier alpha value is -2.77. The second-order valence-electron chi connectivity index (χ2n) is 4.48. The molecule has 0 unspecified atom stereocenters. The van der Waals surface area contributed by atoms with E-state index in [2.05, 4.69) is 5.32 Å². The third-order valence-corrected chi connectivity index (χ3v) is 3.11. The van der Waals surface area contributed by atoms with Crippen LogP contribution in [0.3, 0.4) is 0 Å². The lowest BCUT2D eigenvalue weighted by molar-refractivity contribution is -0.112. The van der Waals surface area contributed by atoms with Gasteiger partial charge in [0.2, 0.25) is 0 Å². The number of hydrogen-bond donors (Lipinski definition) is 1. The normalized spacial score (nSPS) is 11.4. The summed E-state index contributed by atoms with van der Waals surface area (Å²) in [5.74, 6) is 0.150. The number of allylic oxidation sites excluding steroid dienone is 2. The molecule has 1 aromatic heterocycles. The van der Waals surface area contributed by atoms with Crippen LogP contribution in [0, 0.1) is 18.3 Å². The Balaban J connectivity index is 2.12. The van der Waals surface area contributed by atoms with Crippen LogP contribution in [0.25, 0.3) is 6.08 Å². The first-order valence-electron chi connectivity index (χ1n) is 6.49. The third-order valence-electron chi connectivity index (χ3n) is 2.88. The molecular weight excluding hydrogens is 300 g/mol. The first kappa shape index (κ1) is 15.6. The van der Waals surface area contributed by atoms with E-state index in [-0.39, 0.29) is 5.57 Å². The Morgan fingerprint density at radius 3 is 2.91 bits per heavy atom. The van der Waals surface area contributed by atoms with E-state index in [1.807, 2.05) is 13.0 Å². The zero-order chi connectivity index (χ0) is 15.9. The summed E-state index contributed by atoms with van der Waals surface area (Å²) in [6.45, 7) is 1.85. The molecule has 0 bridgehead atoms. The van der Waals surface area contributed by atoms with Gasteiger partial charge in [0.25, 0.3) is 5.91 Å². The molecule has 1 aromatic carbocycles. The molecule has 0 saturated heterocycles. The summed E-state index contributed by atoms with van der Waals surface area (Å²) in [6, 6.07) is 10.6. The molecule has 0 fully saturated rings. The van der Waals surface area contributed by atoms with Gasteiger partial charge >= 0.3 is 0 Å². The highest BCUT2D eigenvalue weighted by Gasteiger charge is 2.10. The minimum atomic E-state index is -0.489. The van der Waals surface area contributed by atoms with E-state index in [9.17, 15) is 4.79 Å². The van der Waals surface area contributed by atoms with Gasteiger partial charge in [-0.2, -0.15) is 5.26 Å². The number of amides is 1. The summed E-state index contributed by atoms with van der Waals surface area (Å²) >= 11 is 5.90. The van der Waals surface area contributed by atoms with Gasteiger partial charge in [0.15, 0.2) is 0 Å². The van der Waals surface area contributed by atoms with Crippen LogP contribution in [0.15, 0.2) is 58.7 Å². The third kappa shape index (κ3) is 4.11. The summed E-state index contributed by atoms with van der Waals surface area (Å²) < 4.78 is 5.12. The van der Waals surface area contributed by atoms with Crippen LogP contribution in [0.1, 0.15) is 11.3 Å². The average Bonchev–Trinajstić information content (AvgIpc) is 3.00. The number of aryl methyl sites for hydroxylation is 1. The van der Waals surface area contributed by atoms with Crippen LogP contribution < -0.4 is 5.32 Å². The van der Waals surface area contributed by atoms with Crippen LogP contribution in [0.5, 0.6) is 0 Å². The van der Waals surface area contributed by atoms with Crippen molar-refractivity contribution in [2.24, 2.45) is 0 Å². The number of nitrogens with one attached hydrogen (secondary N) is 1. The van der Waals surface area contributed by atoms with Crippen molar-refractivity contribution >= 4 is 29.3 Å². The lowest BCUT2D eigenvalue weighted by Gasteiger charge is -2.07. The Labute approximate surface area is 133 Å². The topological polar surface area (TPSA) is 66.0 Å². The van der Waals surface area contributed by atoms with Gasteiger partial charge in [-0.1, -0.05) is 23.7 Å². The van der Waals surface area contributed by atoms with Crippen molar-refractivity contribution in [3.8, 4) is 6.07 Å². The molecule has 1 N–H and O–H groups in total. The van der Waals surface area contributed by atoms with E-state index >= 15 is 0 Å². The molecule has 4 nitrogen and oxygen atoms in total. The highest BCUT2D eigenvalue weighted by molar-refractivity contribution is 6.31. The largest absolute Gasteiger partial charge is 0.465 e. The first-order chi connectivity index (χ1) is 10.6. The molecule has 1 heterocycles. The highest BCUT2D eigenvalue weighted by atomic mass is 35.5. The maximum Gasteiger partial charge on any atom is 0.266 e. The maximum atomic E-state index is 12.1. The van der Waals surface area contributed by atoms with Crippen LogP contribution >= 0.6 is 11.6 Å². The van der Waals surface area contributed by atoms with Crippen molar-refractivity contribution in [2.45, 2.75) is 6.92 Å². The molecule has 2 rings (SSSR count). The molecular formula is C17H13ClN2O2. The number of halogens is 1. The average molecular weight is 313 g/mol. The number of benzene rings is 1. The van der Waals surface area contributed by atoms with E-state index in [1.165, 1.54) is 6.08 Å². The van der Waals surface area contributed by atoms with Crippen LogP contribution in [0.2, 0.25) is 5.02 Å². The summed E-state index contributed by atoms with van der Waals surface area (Å²) in [7, 11) is 0. The van der Waals surface area contributed by atoms with Crippen molar-refractivity contribution in [3.05, 3.63) is 70.7 Å². The summed E-state index contributed by atoms with van der Waals surface area (Å²) in [4.78, 5) is 12.1. The Kier molecular flexibility index (Phi) is 5.18. The zero-order valence-electron chi connectivity index (χ0n) is 11.8. The first-order valence-corrected chi connectivity index (χ1v) is 6.87. The number of nitriles is 1. The minimum Gasteiger partial charge on any atom is -0.465 e. The molecule has 0 atom stereocenters. The number of nitrogens with zero attached hydrogens (tertiary/aromatic N) is 1. The van der Waals surface area contributed by atoms with E-state index in [0.717, 1.165) is 5.56 Å². The smallest absolute Gasteiger partial charge is 0.266 e. The van der Waals surface area contributed by atoms with E-state index < -0.39 is 5.91 Å². The van der Waals surface area contributed by atoms with Gasteiger partial charge in [-0.25, -0.2) is 0 Å². The van der Waals surface area contributed by atoms with Gasteiger partial charge in [-0.3, -0.25) is 4.79 Å². The van der Waals surface area contributed by atoms with Crippen LogP contribution in [0.4, 0.5) is 5.69 Å². The molecule has 0 spiro atoms. The molecule has 0 aliphatic rings. The number of anilines is 1. The fourth-order valence-electron chi connectivity index (χ4n) is 1.71. The Morgan fingerprint density at radius 2 is 2.23 bits per heavy atom. The second-order valence-corrected chi connectivity index (χ2v) is 4.92. The molecule has 0 aliphatic carbocycles. The lowest BCUT2D eigenvalue weighted by atomic mass is 10.2. The van der Waals surface area contributed by atoms with E-state index in [0.29, 0.717) is 16.5 Å². The summed E-state index contributed by atoms with van der Waals surface area (Å²) in [6.07, 6.45) is 6.22. The van der Waals surface area contributed by atoms with Crippen molar-refractivity contribution in [1.82, 2.24) is 0 Å². The van der Waals surface area contributed by atoms with Gasteiger partial charge < -0.3 is 9.73 Å². The van der Waals surface area contributed by atoms with Crippen molar-refractivity contribution < 1.29 is 9.21 Å². The van der Waals surface area contributed by atoms with Crippen LogP contribution in [-0.2, 0) is 4.79 Å². The van der Waals surface area contributed by atoms with Gasteiger partial charge in [0, 0.05) is 10.7 Å². The Morgan fingerprint density at radius 1 is 1.41 bits per heavy atom. The van der Waals surface area contributed by atoms with E-state index in [4.69, 9.17) is 21.3 Å². The van der Waals surface area contributed by atoms with E-state index in [1.54, 1.807) is 48.7 Å². The standard InChI is InChI=1S/C17H13ClN2O2/c1-12-7-8-14(18)10-16(12)20-17(21)13(11-19)4-2-5-15-6-3-9-22-15/h2-10H,1H3,(H,20,21). The summed E-state index contributed by atoms with van der Waals surface area (Å²) in [5, 5.41) is 12.3. The fraction of sp³-hybridized carbons (Fsp3) is 0.0588. The fourth-order valence-corrected chi connectivity index (χ4v) is 1.88. The second kappa shape index (κ2) is 7.30. The van der Waals surface area contributed by atoms with Crippen molar-refractivity contribution in [3.63, 3.8) is 0 Å². The predicted molar refractivity (Wildman–Crippen MR) is 86.3 cm³/mol. The molecule has 0 saturated carbocycles. The SMILES string of the molecule is Cc1ccc(Cl)cc1NC(=O)C(C#N)=CC=Cc1ccco1. The van der Waals surface area contributed by atoms with Gasteiger partial charge in [-0.15, -0.1) is 0 Å². The predicted octanol–water partition coefficient (Wildman–Crippen LogP) is 4.34. The molecule has 0 aliphatic heterocycles. The molecule has 2 aromatic rings. The zero-order valence-corrected chi connectivity index (χ0v) is 12.6. The lowest BCUT2D eigenvalue weighted by Crippen LogP contribution is -2.14. The van der Waals surface area contributed by atoms with Crippen LogP contribution in [-0.4, -0.2) is 5.91 Å². The van der Waals surface area contributed by atoms with Gasteiger partial charge in [-0.05, 0) is 48.9 Å². The molecule has 22 heavy (non-hydrogen) atoms. The summed E-state index contributed by atoms with van der Waals surface area (Å²) in [5.41, 5.74) is 1.43. The number of furan rings is 1. The monoisotopic (exact) mass is 312 g/mol. The number of carbonyl (C=O) groups excluding carboxylic acids is 1. The highest BCUT2D eigenvalue weighted by Crippen LogP contribution is 2.20. The number of hydrogen-bond acceptors (Lipinski definition) is 3.